The Kier molecular flexibility index (Phi) is 8.09. The number of hydrogen-bond acceptors (Lipinski definition) is 4. The Balaban J connectivity index is 2.52. The van der Waals surface area contributed by atoms with Gasteiger partial charge in [-0.05, 0) is 42.9 Å². The summed E-state index contributed by atoms with van der Waals surface area (Å²) < 4.78 is 16.7. The molecule has 5 heteroatoms. The van der Waals surface area contributed by atoms with Crippen LogP contribution in [0.4, 0.5) is 0 Å². The Hall–Kier alpha value is -1.61. The molecule has 0 amide bonds. The predicted molar refractivity (Wildman–Crippen MR) is 115 cm³/mol. The van der Waals surface area contributed by atoms with Crippen LogP contribution in [0.2, 0.25) is 0 Å². The summed E-state index contributed by atoms with van der Waals surface area (Å²) in [5.74, 6) is 1.52. The van der Waals surface area contributed by atoms with Crippen LogP contribution in [0, 0.1) is 6.92 Å². The van der Waals surface area contributed by atoms with Gasteiger partial charge in [0.15, 0.2) is 18.3 Å². The van der Waals surface area contributed by atoms with E-state index in [0.29, 0.717) is 8.58 Å². The number of nitrogens with one attached hydrogen (secondary N) is 1. The van der Waals surface area contributed by atoms with Crippen LogP contribution in [0.25, 0.3) is 0 Å². The zero-order valence-electron chi connectivity index (χ0n) is 17.3. The lowest BCUT2D eigenvalue weighted by Crippen LogP contribution is -2.24. The highest BCUT2D eigenvalue weighted by atomic mass is 31.1. The molecule has 0 bridgehead atoms. The van der Waals surface area contributed by atoms with Gasteiger partial charge in [-0.1, -0.05) is 52.8 Å². The highest BCUT2D eigenvalue weighted by Gasteiger charge is 2.31. The maximum Gasteiger partial charge on any atom is 0.188 e. The predicted octanol–water partition coefficient (Wildman–Crippen LogP) is 4.33. The van der Waals surface area contributed by atoms with Crippen molar-refractivity contribution in [3.63, 3.8) is 0 Å². The minimum atomic E-state index is -0.0633. The highest BCUT2D eigenvalue weighted by Crippen LogP contribution is 2.50. The van der Waals surface area contributed by atoms with Crippen molar-refractivity contribution < 1.29 is 14.2 Å². The Morgan fingerprint density at radius 1 is 1.11 bits per heavy atom. The number of para-hydroxylation sites is 1. The van der Waals surface area contributed by atoms with Crippen molar-refractivity contribution in [1.82, 2.24) is 5.32 Å². The zero-order valence-corrected chi connectivity index (χ0v) is 18.3. The van der Waals surface area contributed by atoms with Gasteiger partial charge in [-0.25, -0.2) is 0 Å². The first kappa shape index (κ1) is 21.7. The number of benzene rings is 2. The fourth-order valence-electron chi connectivity index (χ4n) is 3.25. The molecule has 1 N–H and O–H groups in total. The van der Waals surface area contributed by atoms with Crippen LogP contribution in [-0.4, -0.2) is 28.1 Å². The summed E-state index contributed by atoms with van der Waals surface area (Å²) >= 11 is 0. The summed E-state index contributed by atoms with van der Waals surface area (Å²) in [6.07, 6.45) is 0.995. The molecule has 0 fully saturated rings. The lowest BCUT2D eigenvalue weighted by Gasteiger charge is -2.33. The molecule has 0 aliphatic carbocycles. The van der Waals surface area contributed by atoms with Crippen molar-refractivity contribution in [3.05, 3.63) is 53.1 Å². The Morgan fingerprint density at radius 2 is 1.85 bits per heavy atom. The zero-order chi connectivity index (χ0) is 19.9. The van der Waals surface area contributed by atoms with Crippen molar-refractivity contribution >= 4 is 13.9 Å². The lowest BCUT2D eigenvalue weighted by atomic mass is 9.96. The van der Waals surface area contributed by atoms with Crippen molar-refractivity contribution in [2.45, 2.75) is 38.9 Å². The van der Waals surface area contributed by atoms with Crippen molar-refractivity contribution in [2.24, 2.45) is 0 Å². The lowest BCUT2D eigenvalue weighted by molar-refractivity contribution is 0.0480. The third-order valence-electron chi connectivity index (χ3n) is 4.95. The van der Waals surface area contributed by atoms with Gasteiger partial charge in [-0.3, -0.25) is 0 Å². The smallest absolute Gasteiger partial charge is 0.188 e. The first-order valence-electron chi connectivity index (χ1n) is 9.31. The molecule has 0 radical (unpaired) electrons. The molecule has 0 saturated carbocycles. The van der Waals surface area contributed by atoms with Crippen LogP contribution in [0.3, 0.4) is 0 Å². The SMILES string of the molecule is CCC(C)(Pc1c(C)cccc1CNC)c1cccc(OC)c1OCOC. The molecule has 2 atom stereocenters. The molecule has 2 aromatic rings. The van der Waals surface area contributed by atoms with Gasteiger partial charge in [0, 0.05) is 24.4 Å². The third kappa shape index (κ3) is 5.01. The maximum atomic E-state index is 5.95. The van der Waals surface area contributed by atoms with Gasteiger partial charge in [-0.15, -0.1) is 0 Å². The monoisotopic (exact) mass is 389 g/mol. The van der Waals surface area contributed by atoms with Crippen molar-refractivity contribution in [2.75, 3.05) is 28.1 Å². The largest absolute Gasteiger partial charge is 0.493 e. The summed E-state index contributed by atoms with van der Waals surface area (Å²) in [4.78, 5) is 0. The van der Waals surface area contributed by atoms with E-state index >= 15 is 0 Å². The van der Waals surface area contributed by atoms with Gasteiger partial charge >= 0.3 is 0 Å². The molecule has 4 nitrogen and oxygen atoms in total. The average Bonchev–Trinajstić information content (AvgIpc) is 2.68. The van der Waals surface area contributed by atoms with Crippen molar-refractivity contribution in [1.29, 1.82) is 0 Å². The molecule has 0 aliphatic heterocycles. The second-order valence-corrected chi connectivity index (χ2v) is 8.69. The normalized spacial score (nSPS) is 13.7. The highest BCUT2D eigenvalue weighted by molar-refractivity contribution is 7.48. The van der Waals surface area contributed by atoms with Gasteiger partial charge in [-0.2, -0.15) is 0 Å². The fourth-order valence-corrected chi connectivity index (χ4v) is 4.92. The van der Waals surface area contributed by atoms with Gasteiger partial charge in [0.2, 0.25) is 0 Å². The molecule has 0 aliphatic rings. The summed E-state index contributed by atoms with van der Waals surface area (Å²) in [6, 6.07) is 12.7. The van der Waals surface area contributed by atoms with E-state index in [1.54, 1.807) is 14.2 Å². The van der Waals surface area contributed by atoms with Crippen LogP contribution in [-0.2, 0) is 16.4 Å². The van der Waals surface area contributed by atoms with E-state index in [-0.39, 0.29) is 11.9 Å². The molecule has 27 heavy (non-hydrogen) atoms. The van der Waals surface area contributed by atoms with Crippen LogP contribution < -0.4 is 20.1 Å². The summed E-state index contributed by atoms with van der Waals surface area (Å²) in [5, 5.41) is 4.66. The van der Waals surface area contributed by atoms with Gasteiger partial charge in [0.25, 0.3) is 0 Å². The molecule has 0 spiro atoms. The molecule has 2 rings (SSSR count). The second kappa shape index (κ2) is 10.1. The summed E-state index contributed by atoms with van der Waals surface area (Å²) in [7, 11) is 5.92. The van der Waals surface area contributed by atoms with E-state index < -0.39 is 0 Å². The average molecular weight is 389 g/mol. The molecule has 2 aromatic carbocycles. The van der Waals surface area contributed by atoms with E-state index in [1.165, 1.54) is 22.0 Å². The molecule has 148 valence electrons. The topological polar surface area (TPSA) is 39.7 Å². The Bertz CT molecular complexity index is 750. The molecular formula is C22H32NO3P. The number of rotatable bonds is 10. The van der Waals surface area contributed by atoms with Crippen LogP contribution in [0.15, 0.2) is 36.4 Å². The van der Waals surface area contributed by atoms with E-state index in [1.807, 2.05) is 19.2 Å². The first-order chi connectivity index (χ1) is 13.0. The minimum Gasteiger partial charge on any atom is -0.493 e. The minimum absolute atomic E-state index is 0.0633. The quantitative estimate of drug-likeness (QED) is 0.485. The third-order valence-corrected chi connectivity index (χ3v) is 7.09. The molecule has 0 aromatic heterocycles. The first-order valence-corrected chi connectivity index (χ1v) is 10.3. The molecule has 0 heterocycles. The fraction of sp³-hybridized carbons (Fsp3) is 0.455. The number of hydrogen-bond donors (Lipinski definition) is 1. The molecule has 0 saturated heterocycles. The number of methoxy groups -OCH3 is 2. The van der Waals surface area contributed by atoms with E-state index in [0.717, 1.165) is 24.5 Å². The van der Waals surface area contributed by atoms with Gasteiger partial charge < -0.3 is 19.5 Å². The maximum absolute atomic E-state index is 5.95. The standard InChI is InChI=1S/C22H32NO3P/c1-7-22(3,27-21-16(2)10-8-11-17(21)14-23-4)18-12-9-13-19(25-6)20(18)26-15-24-5/h8-13,23,27H,7,14-15H2,1-6H3. The second-order valence-electron chi connectivity index (χ2n) is 6.84. The summed E-state index contributed by atoms with van der Waals surface area (Å²) in [6.45, 7) is 7.82. The van der Waals surface area contributed by atoms with Crippen molar-refractivity contribution in [3.8, 4) is 11.5 Å². The van der Waals surface area contributed by atoms with Crippen LogP contribution in [0.5, 0.6) is 11.5 Å². The Labute approximate surface area is 165 Å². The van der Waals surface area contributed by atoms with E-state index in [4.69, 9.17) is 14.2 Å². The summed E-state index contributed by atoms with van der Waals surface area (Å²) in [5.41, 5.74) is 3.86. The van der Waals surface area contributed by atoms with Gasteiger partial charge in [0.05, 0.1) is 7.11 Å². The molecule has 2 unspecified atom stereocenters. The van der Waals surface area contributed by atoms with Crippen LogP contribution >= 0.6 is 8.58 Å². The van der Waals surface area contributed by atoms with Gasteiger partial charge in [0.1, 0.15) is 0 Å². The number of ether oxygens (including phenoxy) is 3. The van der Waals surface area contributed by atoms with E-state index in [9.17, 15) is 0 Å². The van der Waals surface area contributed by atoms with Crippen LogP contribution in [0.1, 0.15) is 37.0 Å². The molecular weight excluding hydrogens is 357 g/mol. The Morgan fingerprint density at radius 3 is 2.48 bits per heavy atom. The number of aryl methyl sites for hydroxylation is 1. The van der Waals surface area contributed by atoms with E-state index in [2.05, 4.69) is 50.4 Å².